The number of likely N-dealkylation sites (N-methyl/N-ethyl adjacent to an activating group) is 1. The van der Waals surface area contributed by atoms with Crippen molar-refractivity contribution in [1.29, 1.82) is 0 Å². The molecule has 80 valence electrons. The molecule has 15 heavy (non-hydrogen) atoms. The summed E-state index contributed by atoms with van der Waals surface area (Å²) in [6.07, 6.45) is 1.35. The third-order valence-electron chi connectivity index (χ3n) is 1.71. The van der Waals surface area contributed by atoms with Gasteiger partial charge in [-0.1, -0.05) is 11.6 Å². The van der Waals surface area contributed by atoms with Crippen molar-refractivity contribution in [2.45, 2.75) is 0 Å². The van der Waals surface area contributed by atoms with E-state index >= 15 is 0 Å². The van der Waals surface area contributed by atoms with E-state index in [9.17, 15) is 9.59 Å². The first-order valence-electron chi connectivity index (χ1n) is 4.16. The van der Waals surface area contributed by atoms with Crippen LogP contribution in [-0.2, 0) is 4.79 Å². The van der Waals surface area contributed by atoms with Gasteiger partial charge in [0.2, 0.25) is 5.91 Å². The number of pyridine rings is 1. The zero-order chi connectivity index (χ0) is 11.4. The van der Waals surface area contributed by atoms with E-state index in [1.54, 1.807) is 0 Å². The minimum Gasteiger partial charge on any atom is -0.368 e. The Bertz CT molecular complexity index is 377. The summed E-state index contributed by atoms with van der Waals surface area (Å²) in [6, 6.07) is 3.04. The van der Waals surface area contributed by atoms with Crippen molar-refractivity contribution >= 4 is 23.4 Å². The van der Waals surface area contributed by atoms with Gasteiger partial charge in [-0.15, -0.1) is 0 Å². The van der Waals surface area contributed by atoms with E-state index in [1.165, 1.54) is 30.3 Å². The largest absolute Gasteiger partial charge is 0.368 e. The van der Waals surface area contributed by atoms with Crippen molar-refractivity contribution in [3.63, 3.8) is 0 Å². The maximum absolute atomic E-state index is 11.6. The van der Waals surface area contributed by atoms with E-state index in [0.29, 0.717) is 10.7 Å². The van der Waals surface area contributed by atoms with Gasteiger partial charge >= 0.3 is 0 Å². The summed E-state index contributed by atoms with van der Waals surface area (Å²) in [5, 5.41) is 0.309. The number of primary amides is 1. The number of nitrogens with zero attached hydrogens (tertiary/aromatic N) is 2. The minimum absolute atomic E-state index is 0.124. The normalized spacial score (nSPS) is 9.73. The van der Waals surface area contributed by atoms with Gasteiger partial charge in [0.1, 0.15) is 5.15 Å². The molecular formula is C9H10ClN3O2. The van der Waals surface area contributed by atoms with Gasteiger partial charge in [0.15, 0.2) is 0 Å². The van der Waals surface area contributed by atoms with E-state index in [1.807, 2.05) is 0 Å². The van der Waals surface area contributed by atoms with Crippen LogP contribution in [0.5, 0.6) is 0 Å². The number of hydrogen-bond acceptors (Lipinski definition) is 3. The number of hydrogen-bond donors (Lipinski definition) is 1. The Morgan fingerprint density at radius 2 is 2.20 bits per heavy atom. The zero-order valence-electron chi connectivity index (χ0n) is 8.11. The lowest BCUT2D eigenvalue weighted by Crippen LogP contribution is -2.35. The Balaban J connectivity index is 2.76. The maximum Gasteiger partial charge on any atom is 0.255 e. The van der Waals surface area contributed by atoms with E-state index in [0.717, 1.165) is 0 Å². The van der Waals surface area contributed by atoms with Gasteiger partial charge in [0.25, 0.3) is 5.91 Å². The van der Waals surface area contributed by atoms with Gasteiger partial charge in [0, 0.05) is 13.2 Å². The second kappa shape index (κ2) is 4.75. The van der Waals surface area contributed by atoms with Crippen molar-refractivity contribution in [3.05, 3.63) is 29.0 Å². The maximum atomic E-state index is 11.6. The SMILES string of the molecule is CN(CC(N)=O)C(=O)c1ccc(Cl)nc1. The molecule has 0 unspecified atom stereocenters. The number of aromatic nitrogens is 1. The van der Waals surface area contributed by atoms with Crippen LogP contribution in [0.4, 0.5) is 0 Å². The number of amides is 2. The molecule has 2 N–H and O–H groups in total. The van der Waals surface area contributed by atoms with Gasteiger partial charge in [-0.3, -0.25) is 9.59 Å². The molecule has 1 heterocycles. The lowest BCUT2D eigenvalue weighted by Gasteiger charge is -2.14. The standard InChI is InChI=1S/C9H10ClN3O2/c1-13(5-8(11)14)9(15)6-2-3-7(10)12-4-6/h2-4H,5H2,1H3,(H2,11,14). The molecule has 0 atom stereocenters. The molecule has 0 aliphatic heterocycles. The molecule has 5 nitrogen and oxygen atoms in total. The molecule has 0 aliphatic carbocycles. The quantitative estimate of drug-likeness (QED) is 0.755. The Kier molecular flexibility index (Phi) is 3.62. The molecule has 1 aromatic heterocycles. The summed E-state index contributed by atoms with van der Waals surface area (Å²) in [5.41, 5.74) is 5.33. The highest BCUT2D eigenvalue weighted by atomic mass is 35.5. The van der Waals surface area contributed by atoms with E-state index in [-0.39, 0.29) is 12.5 Å². The first-order chi connectivity index (χ1) is 7.00. The molecule has 6 heteroatoms. The summed E-state index contributed by atoms with van der Waals surface area (Å²) in [6.45, 7) is -0.124. The third-order valence-corrected chi connectivity index (χ3v) is 1.94. The van der Waals surface area contributed by atoms with Crippen molar-refractivity contribution in [3.8, 4) is 0 Å². The summed E-state index contributed by atoms with van der Waals surface area (Å²) in [5.74, 6) is -0.884. The zero-order valence-corrected chi connectivity index (χ0v) is 8.86. The number of halogens is 1. The lowest BCUT2D eigenvalue weighted by atomic mass is 10.2. The Morgan fingerprint density at radius 3 is 2.67 bits per heavy atom. The highest BCUT2D eigenvalue weighted by molar-refractivity contribution is 6.29. The molecule has 1 aromatic rings. The first-order valence-corrected chi connectivity index (χ1v) is 4.54. The van der Waals surface area contributed by atoms with Crippen LogP contribution >= 0.6 is 11.6 Å². The average molecular weight is 228 g/mol. The van der Waals surface area contributed by atoms with Gasteiger partial charge in [-0.05, 0) is 12.1 Å². The first kappa shape index (κ1) is 11.5. The average Bonchev–Trinajstić information content (AvgIpc) is 2.17. The van der Waals surface area contributed by atoms with Crippen LogP contribution in [-0.4, -0.2) is 35.3 Å². The summed E-state index contributed by atoms with van der Waals surface area (Å²) in [7, 11) is 1.49. The highest BCUT2D eigenvalue weighted by Gasteiger charge is 2.13. The highest BCUT2D eigenvalue weighted by Crippen LogP contribution is 2.07. The number of nitrogens with two attached hydrogens (primary N) is 1. The molecule has 1 rings (SSSR count). The molecule has 0 aromatic carbocycles. The molecule has 0 radical (unpaired) electrons. The van der Waals surface area contributed by atoms with Crippen LogP contribution in [0.25, 0.3) is 0 Å². The van der Waals surface area contributed by atoms with Gasteiger partial charge < -0.3 is 10.6 Å². The van der Waals surface area contributed by atoms with Crippen LogP contribution in [0.15, 0.2) is 18.3 Å². The van der Waals surface area contributed by atoms with Gasteiger partial charge in [0.05, 0.1) is 12.1 Å². The molecular weight excluding hydrogens is 218 g/mol. The van der Waals surface area contributed by atoms with Crippen LogP contribution in [0.1, 0.15) is 10.4 Å². The van der Waals surface area contributed by atoms with Crippen LogP contribution in [0, 0.1) is 0 Å². The van der Waals surface area contributed by atoms with Crippen molar-refractivity contribution in [1.82, 2.24) is 9.88 Å². The van der Waals surface area contributed by atoms with Gasteiger partial charge in [-0.25, -0.2) is 4.98 Å². The predicted octanol–water partition coefficient (Wildman–Crippen LogP) is 0.292. The van der Waals surface area contributed by atoms with Crippen molar-refractivity contribution in [2.24, 2.45) is 5.73 Å². The molecule has 2 amide bonds. The lowest BCUT2D eigenvalue weighted by molar-refractivity contribution is -0.118. The van der Waals surface area contributed by atoms with Gasteiger partial charge in [-0.2, -0.15) is 0 Å². The number of carbonyl (C=O) groups excluding carboxylic acids is 2. The second-order valence-electron chi connectivity index (χ2n) is 3.00. The molecule has 0 fully saturated rings. The topological polar surface area (TPSA) is 76.3 Å². The Hall–Kier alpha value is -1.62. The monoisotopic (exact) mass is 227 g/mol. The Morgan fingerprint density at radius 1 is 1.53 bits per heavy atom. The summed E-state index contributed by atoms with van der Waals surface area (Å²) < 4.78 is 0. The Labute approximate surface area is 91.8 Å². The predicted molar refractivity (Wildman–Crippen MR) is 55.4 cm³/mol. The number of rotatable bonds is 3. The van der Waals surface area contributed by atoms with Crippen molar-refractivity contribution < 1.29 is 9.59 Å². The fourth-order valence-electron chi connectivity index (χ4n) is 1.03. The fourth-order valence-corrected chi connectivity index (χ4v) is 1.14. The molecule has 0 aliphatic rings. The summed E-state index contributed by atoms with van der Waals surface area (Å²) in [4.78, 5) is 27.2. The third kappa shape index (κ3) is 3.21. The molecule has 0 saturated heterocycles. The van der Waals surface area contributed by atoms with Crippen LogP contribution in [0.3, 0.4) is 0 Å². The van der Waals surface area contributed by atoms with E-state index in [4.69, 9.17) is 17.3 Å². The fraction of sp³-hybridized carbons (Fsp3) is 0.222. The number of carbonyl (C=O) groups is 2. The second-order valence-corrected chi connectivity index (χ2v) is 3.38. The minimum atomic E-state index is -0.562. The molecule has 0 bridgehead atoms. The van der Waals surface area contributed by atoms with Crippen molar-refractivity contribution in [2.75, 3.05) is 13.6 Å². The molecule has 0 saturated carbocycles. The van der Waals surface area contributed by atoms with E-state index < -0.39 is 5.91 Å². The van der Waals surface area contributed by atoms with Crippen LogP contribution in [0.2, 0.25) is 5.15 Å². The molecule has 0 spiro atoms. The van der Waals surface area contributed by atoms with Crippen LogP contribution < -0.4 is 5.73 Å². The van der Waals surface area contributed by atoms with E-state index in [2.05, 4.69) is 4.98 Å². The summed E-state index contributed by atoms with van der Waals surface area (Å²) >= 11 is 5.57. The smallest absolute Gasteiger partial charge is 0.255 e.